The van der Waals surface area contributed by atoms with Crippen LogP contribution >= 0.6 is 0 Å². The normalized spacial score (nSPS) is 39.9. The van der Waals surface area contributed by atoms with E-state index in [9.17, 15) is 0 Å². The highest BCUT2D eigenvalue weighted by molar-refractivity contribution is 4.98. The van der Waals surface area contributed by atoms with Gasteiger partial charge in [-0.05, 0) is 37.8 Å². The van der Waals surface area contributed by atoms with Crippen LogP contribution in [0.4, 0.5) is 0 Å². The van der Waals surface area contributed by atoms with E-state index in [2.05, 4.69) is 18.7 Å². The van der Waals surface area contributed by atoms with E-state index in [1.54, 1.807) is 0 Å². The second kappa shape index (κ2) is 2.23. The van der Waals surface area contributed by atoms with Gasteiger partial charge in [0.2, 0.25) is 0 Å². The molecule has 0 aromatic rings. The van der Waals surface area contributed by atoms with E-state index in [-0.39, 0.29) is 0 Å². The van der Waals surface area contributed by atoms with Gasteiger partial charge in [0.05, 0.1) is 0 Å². The van der Waals surface area contributed by atoms with Gasteiger partial charge >= 0.3 is 0 Å². The van der Waals surface area contributed by atoms with Crippen molar-refractivity contribution in [2.45, 2.75) is 32.7 Å². The topological polar surface area (TPSA) is 3.24 Å². The van der Waals surface area contributed by atoms with Crippen LogP contribution in [0.1, 0.15) is 26.7 Å². The van der Waals surface area contributed by atoms with E-state index in [4.69, 9.17) is 0 Å². The van der Waals surface area contributed by atoms with Crippen molar-refractivity contribution in [2.24, 2.45) is 11.8 Å². The molecule has 10 heavy (non-hydrogen) atoms. The summed E-state index contributed by atoms with van der Waals surface area (Å²) in [6.45, 7) is 7.47. The molecule has 58 valence electrons. The van der Waals surface area contributed by atoms with E-state index in [1.807, 2.05) is 0 Å². The zero-order valence-corrected chi connectivity index (χ0v) is 7.01. The van der Waals surface area contributed by atoms with E-state index in [1.165, 1.54) is 25.9 Å². The highest BCUT2D eigenvalue weighted by atomic mass is 15.2. The minimum atomic E-state index is 0.922. The molecular weight excluding hydrogens is 122 g/mol. The third kappa shape index (κ3) is 0.968. The molecule has 0 amide bonds. The van der Waals surface area contributed by atoms with Crippen molar-refractivity contribution in [1.82, 2.24) is 4.90 Å². The first kappa shape index (κ1) is 6.66. The van der Waals surface area contributed by atoms with E-state index in [0.29, 0.717) is 0 Å². The summed E-state index contributed by atoms with van der Waals surface area (Å²) in [4.78, 5) is 2.64. The second-order valence-electron chi connectivity index (χ2n) is 4.10. The lowest BCUT2D eigenvalue weighted by Crippen LogP contribution is -2.39. The van der Waals surface area contributed by atoms with Crippen LogP contribution in [0.2, 0.25) is 0 Å². The SMILES string of the molecule is CC(C)C1CC1N1CCC1. The predicted octanol–water partition coefficient (Wildman–Crippen LogP) is 1.74. The van der Waals surface area contributed by atoms with Gasteiger partial charge in [0.1, 0.15) is 0 Å². The van der Waals surface area contributed by atoms with E-state index in [0.717, 1.165) is 17.9 Å². The average molecular weight is 139 g/mol. The van der Waals surface area contributed by atoms with Crippen LogP contribution < -0.4 is 0 Å². The number of nitrogens with zero attached hydrogens (tertiary/aromatic N) is 1. The Labute approximate surface area is 63.4 Å². The third-order valence-corrected chi connectivity index (χ3v) is 3.02. The Morgan fingerprint density at radius 3 is 2.30 bits per heavy atom. The zero-order valence-electron chi connectivity index (χ0n) is 7.01. The molecule has 2 aliphatic rings. The number of rotatable bonds is 2. The molecule has 2 fully saturated rings. The molecule has 2 atom stereocenters. The maximum absolute atomic E-state index is 2.64. The summed E-state index contributed by atoms with van der Waals surface area (Å²) in [7, 11) is 0. The highest BCUT2D eigenvalue weighted by Gasteiger charge is 2.44. The molecular formula is C9H17N. The van der Waals surface area contributed by atoms with Crippen LogP contribution in [0.25, 0.3) is 0 Å². The van der Waals surface area contributed by atoms with Gasteiger partial charge in [-0.1, -0.05) is 13.8 Å². The van der Waals surface area contributed by atoms with Crippen molar-refractivity contribution in [2.75, 3.05) is 13.1 Å². The van der Waals surface area contributed by atoms with E-state index < -0.39 is 0 Å². The molecule has 0 aromatic carbocycles. The van der Waals surface area contributed by atoms with Gasteiger partial charge < -0.3 is 0 Å². The Balaban J connectivity index is 1.78. The molecule has 1 aliphatic heterocycles. The molecule has 2 rings (SSSR count). The molecule has 0 N–H and O–H groups in total. The Hall–Kier alpha value is -0.0400. The molecule has 1 saturated heterocycles. The summed E-state index contributed by atoms with van der Waals surface area (Å²) in [6, 6.07) is 0.994. The molecule has 0 radical (unpaired) electrons. The van der Waals surface area contributed by atoms with Gasteiger partial charge in [0.25, 0.3) is 0 Å². The lowest BCUT2D eigenvalue weighted by molar-refractivity contribution is 0.157. The van der Waals surface area contributed by atoms with Crippen molar-refractivity contribution >= 4 is 0 Å². The van der Waals surface area contributed by atoms with Crippen molar-refractivity contribution in [3.63, 3.8) is 0 Å². The predicted molar refractivity (Wildman–Crippen MR) is 42.9 cm³/mol. The summed E-state index contributed by atoms with van der Waals surface area (Å²) >= 11 is 0. The standard InChI is InChI=1S/C9H17N/c1-7(2)8-6-9(8)10-4-3-5-10/h7-9H,3-6H2,1-2H3. The molecule has 1 nitrogen and oxygen atoms in total. The van der Waals surface area contributed by atoms with Crippen LogP contribution in [-0.4, -0.2) is 24.0 Å². The number of hydrogen-bond donors (Lipinski definition) is 0. The third-order valence-electron chi connectivity index (χ3n) is 3.02. The summed E-state index contributed by atoms with van der Waals surface area (Å²) < 4.78 is 0. The minimum Gasteiger partial charge on any atom is -0.300 e. The van der Waals surface area contributed by atoms with Crippen LogP contribution in [0.15, 0.2) is 0 Å². The minimum absolute atomic E-state index is 0.922. The Morgan fingerprint density at radius 2 is 2.00 bits per heavy atom. The van der Waals surface area contributed by atoms with Crippen LogP contribution in [0, 0.1) is 11.8 Å². The number of likely N-dealkylation sites (tertiary alicyclic amines) is 1. The fourth-order valence-corrected chi connectivity index (χ4v) is 2.01. The lowest BCUT2D eigenvalue weighted by Gasteiger charge is -2.31. The van der Waals surface area contributed by atoms with Crippen molar-refractivity contribution in [1.29, 1.82) is 0 Å². The molecule has 1 heteroatoms. The fourth-order valence-electron chi connectivity index (χ4n) is 2.01. The molecule has 0 spiro atoms. The monoisotopic (exact) mass is 139 g/mol. The first-order chi connectivity index (χ1) is 4.79. The van der Waals surface area contributed by atoms with Crippen molar-refractivity contribution in [3.8, 4) is 0 Å². The lowest BCUT2D eigenvalue weighted by atomic mass is 10.1. The molecule has 2 unspecified atom stereocenters. The summed E-state index contributed by atoms with van der Waals surface area (Å²) in [6.07, 6.45) is 2.93. The summed E-state index contributed by atoms with van der Waals surface area (Å²) in [5.74, 6) is 1.96. The van der Waals surface area contributed by atoms with Crippen LogP contribution in [0.3, 0.4) is 0 Å². The summed E-state index contributed by atoms with van der Waals surface area (Å²) in [5.41, 5.74) is 0. The van der Waals surface area contributed by atoms with Crippen molar-refractivity contribution in [3.05, 3.63) is 0 Å². The smallest absolute Gasteiger partial charge is 0.0130 e. The molecule has 1 saturated carbocycles. The molecule has 1 aliphatic carbocycles. The first-order valence-corrected chi connectivity index (χ1v) is 4.53. The van der Waals surface area contributed by atoms with Gasteiger partial charge in [0, 0.05) is 6.04 Å². The zero-order chi connectivity index (χ0) is 7.14. The largest absolute Gasteiger partial charge is 0.300 e. The second-order valence-corrected chi connectivity index (χ2v) is 4.10. The molecule has 0 aromatic heterocycles. The Kier molecular flexibility index (Phi) is 1.48. The highest BCUT2D eigenvalue weighted by Crippen LogP contribution is 2.42. The maximum atomic E-state index is 2.64. The van der Waals surface area contributed by atoms with Gasteiger partial charge in [-0.25, -0.2) is 0 Å². The van der Waals surface area contributed by atoms with Gasteiger partial charge in [-0.3, -0.25) is 4.90 Å². The fraction of sp³-hybridized carbons (Fsp3) is 1.00. The maximum Gasteiger partial charge on any atom is 0.0130 e. The van der Waals surface area contributed by atoms with Gasteiger partial charge in [-0.2, -0.15) is 0 Å². The average Bonchev–Trinajstić information content (AvgIpc) is 2.40. The quantitative estimate of drug-likeness (QED) is 0.563. The number of hydrogen-bond acceptors (Lipinski definition) is 1. The first-order valence-electron chi connectivity index (χ1n) is 4.53. The molecule has 0 bridgehead atoms. The van der Waals surface area contributed by atoms with E-state index >= 15 is 0 Å². The van der Waals surface area contributed by atoms with Gasteiger partial charge in [-0.15, -0.1) is 0 Å². The summed E-state index contributed by atoms with van der Waals surface area (Å²) in [5, 5.41) is 0. The van der Waals surface area contributed by atoms with Crippen LogP contribution in [0.5, 0.6) is 0 Å². The molecule has 1 heterocycles. The Bertz CT molecular complexity index is 127. The van der Waals surface area contributed by atoms with Crippen LogP contribution in [-0.2, 0) is 0 Å². The van der Waals surface area contributed by atoms with Crippen molar-refractivity contribution < 1.29 is 0 Å². The Morgan fingerprint density at radius 1 is 1.30 bits per heavy atom. The van der Waals surface area contributed by atoms with Gasteiger partial charge in [0.15, 0.2) is 0 Å².